The van der Waals surface area contributed by atoms with Crippen molar-refractivity contribution in [3.8, 4) is 39.9 Å². The summed E-state index contributed by atoms with van der Waals surface area (Å²) in [6, 6.07) is 59.8. The predicted octanol–water partition coefficient (Wildman–Crippen LogP) is 11.4. The van der Waals surface area contributed by atoms with Gasteiger partial charge in [0.1, 0.15) is 0 Å². The molecule has 8 aromatic carbocycles. The van der Waals surface area contributed by atoms with Crippen molar-refractivity contribution in [2.75, 3.05) is 0 Å². The molecule has 0 amide bonds. The zero-order chi connectivity index (χ0) is 32.3. The standard InChI is InChI=1S/C45H28N4/c1-4-14-29(15-5-1)43-46-44(30-16-6-2-7-17-30)48-45(47-43)31-24-25-41-39(26-31)40-27-37-35-22-12-10-20-33(35)34-21-11-13-23-36(34)38(37)28-42(40)49(41)32-18-8-3-9-19-32/h1-28H. The van der Waals surface area contributed by atoms with Crippen molar-refractivity contribution in [3.63, 3.8) is 0 Å². The van der Waals surface area contributed by atoms with E-state index < -0.39 is 0 Å². The summed E-state index contributed by atoms with van der Waals surface area (Å²) in [6.45, 7) is 0. The van der Waals surface area contributed by atoms with Crippen LogP contribution in [-0.4, -0.2) is 19.5 Å². The molecule has 0 aliphatic carbocycles. The number of nitrogens with zero attached hydrogens (tertiary/aromatic N) is 4. The minimum absolute atomic E-state index is 0.646. The topological polar surface area (TPSA) is 43.6 Å². The van der Waals surface area contributed by atoms with Gasteiger partial charge in [-0.25, -0.2) is 15.0 Å². The molecule has 10 aromatic rings. The Bertz CT molecular complexity index is 2800. The van der Waals surface area contributed by atoms with Gasteiger partial charge in [0.2, 0.25) is 0 Å². The quantitative estimate of drug-likeness (QED) is 0.183. The Balaban J connectivity index is 1.29. The average Bonchev–Trinajstić information content (AvgIpc) is 3.51. The van der Waals surface area contributed by atoms with Crippen LogP contribution in [0, 0.1) is 0 Å². The van der Waals surface area contributed by atoms with Crippen LogP contribution in [0.1, 0.15) is 0 Å². The molecule has 2 aromatic heterocycles. The maximum absolute atomic E-state index is 5.05. The zero-order valence-corrected chi connectivity index (χ0v) is 26.5. The SMILES string of the molecule is c1ccc(-c2nc(-c3ccccc3)nc(-c3ccc4c(c3)c3cc5c6ccccc6c6ccccc6c5cc3n4-c3ccccc3)n2)cc1. The number of para-hydroxylation sites is 1. The Labute approximate surface area is 282 Å². The van der Waals surface area contributed by atoms with E-state index >= 15 is 0 Å². The molecular weight excluding hydrogens is 597 g/mol. The highest BCUT2D eigenvalue weighted by atomic mass is 15.0. The number of fused-ring (bicyclic) bond motifs is 9. The number of aromatic nitrogens is 4. The second kappa shape index (κ2) is 11.0. The van der Waals surface area contributed by atoms with E-state index in [0.717, 1.165) is 38.8 Å². The highest BCUT2D eigenvalue weighted by molar-refractivity contribution is 6.28. The van der Waals surface area contributed by atoms with E-state index in [1.807, 2.05) is 60.7 Å². The maximum atomic E-state index is 5.05. The van der Waals surface area contributed by atoms with E-state index in [9.17, 15) is 0 Å². The lowest BCUT2D eigenvalue weighted by Crippen LogP contribution is -2.00. The van der Waals surface area contributed by atoms with Crippen LogP contribution >= 0.6 is 0 Å². The van der Waals surface area contributed by atoms with Crippen molar-refractivity contribution in [1.29, 1.82) is 0 Å². The van der Waals surface area contributed by atoms with Crippen molar-refractivity contribution < 1.29 is 0 Å². The van der Waals surface area contributed by atoms with Crippen LogP contribution < -0.4 is 0 Å². The maximum Gasteiger partial charge on any atom is 0.164 e. The molecule has 0 radical (unpaired) electrons. The summed E-state index contributed by atoms with van der Waals surface area (Å²) < 4.78 is 2.38. The van der Waals surface area contributed by atoms with E-state index in [2.05, 4.69) is 114 Å². The molecule has 0 unspecified atom stereocenters. The summed E-state index contributed by atoms with van der Waals surface area (Å²) in [5, 5.41) is 9.89. The van der Waals surface area contributed by atoms with Gasteiger partial charge in [0.05, 0.1) is 11.0 Å². The number of hydrogen-bond acceptors (Lipinski definition) is 3. The van der Waals surface area contributed by atoms with Gasteiger partial charge >= 0.3 is 0 Å². The summed E-state index contributed by atoms with van der Waals surface area (Å²) in [7, 11) is 0. The van der Waals surface area contributed by atoms with Gasteiger partial charge in [0.25, 0.3) is 0 Å². The van der Waals surface area contributed by atoms with Crippen molar-refractivity contribution in [3.05, 3.63) is 170 Å². The van der Waals surface area contributed by atoms with Crippen molar-refractivity contribution in [2.45, 2.75) is 0 Å². The van der Waals surface area contributed by atoms with Crippen LogP contribution in [0.5, 0.6) is 0 Å². The first-order valence-corrected chi connectivity index (χ1v) is 16.5. The monoisotopic (exact) mass is 624 g/mol. The average molecular weight is 625 g/mol. The van der Waals surface area contributed by atoms with Gasteiger partial charge in [-0.05, 0) is 74.8 Å². The van der Waals surface area contributed by atoms with Gasteiger partial charge in [-0.15, -0.1) is 0 Å². The Morgan fingerprint density at radius 3 is 1.27 bits per heavy atom. The molecule has 49 heavy (non-hydrogen) atoms. The molecule has 10 rings (SSSR count). The first-order chi connectivity index (χ1) is 24.3. The third-order valence-corrected chi connectivity index (χ3v) is 9.60. The Kier molecular flexibility index (Phi) is 6.15. The lowest BCUT2D eigenvalue weighted by Gasteiger charge is -2.12. The minimum Gasteiger partial charge on any atom is -0.309 e. The molecule has 0 bridgehead atoms. The van der Waals surface area contributed by atoms with E-state index in [4.69, 9.17) is 15.0 Å². The van der Waals surface area contributed by atoms with E-state index in [1.54, 1.807) is 0 Å². The molecule has 0 aliphatic heterocycles. The lowest BCUT2D eigenvalue weighted by atomic mass is 9.93. The summed E-state index contributed by atoms with van der Waals surface area (Å²) in [5.74, 6) is 1.95. The fourth-order valence-electron chi connectivity index (χ4n) is 7.35. The van der Waals surface area contributed by atoms with Gasteiger partial charge in [-0.1, -0.05) is 127 Å². The van der Waals surface area contributed by atoms with Gasteiger partial charge in [-0.3, -0.25) is 0 Å². The van der Waals surface area contributed by atoms with Crippen molar-refractivity contribution in [1.82, 2.24) is 19.5 Å². The molecule has 0 fully saturated rings. The Morgan fingerprint density at radius 1 is 0.286 bits per heavy atom. The van der Waals surface area contributed by atoms with Gasteiger partial charge < -0.3 is 4.57 Å². The Hall–Kier alpha value is -6.65. The zero-order valence-electron chi connectivity index (χ0n) is 26.5. The molecule has 0 saturated carbocycles. The van der Waals surface area contributed by atoms with Crippen LogP contribution in [0.25, 0.3) is 94.0 Å². The molecule has 0 atom stereocenters. The highest BCUT2D eigenvalue weighted by Crippen LogP contribution is 2.41. The Morgan fingerprint density at radius 2 is 0.714 bits per heavy atom. The number of benzene rings is 8. The molecule has 0 N–H and O–H groups in total. The number of rotatable bonds is 4. The van der Waals surface area contributed by atoms with Gasteiger partial charge in [0, 0.05) is 33.2 Å². The molecule has 2 heterocycles. The van der Waals surface area contributed by atoms with E-state index in [1.165, 1.54) is 37.7 Å². The second-order valence-electron chi connectivity index (χ2n) is 12.4. The van der Waals surface area contributed by atoms with Gasteiger partial charge in [-0.2, -0.15) is 0 Å². The highest BCUT2D eigenvalue weighted by Gasteiger charge is 2.19. The van der Waals surface area contributed by atoms with Crippen molar-refractivity contribution in [2.24, 2.45) is 0 Å². The largest absolute Gasteiger partial charge is 0.309 e. The molecule has 0 aliphatic rings. The van der Waals surface area contributed by atoms with Crippen LogP contribution in [0.2, 0.25) is 0 Å². The first kappa shape index (κ1) is 27.5. The molecule has 228 valence electrons. The predicted molar refractivity (Wildman–Crippen MR) is 203 cm³/mol. The molecule has 4 nitrogen and oxygen atoms in total. The molecule has 0 saturated heterocycles. The summed E-state index contributed by atoms with van der Waals surface area (Å²) >= 11 is 0. The third kappa shape index (κ3) is 4.42. The molecule has 4 heteroatoms. The summed E-state index contributed by atoms with van der Waals surface area (Å²) in [4.78, 5) is 15.0. The van der Waals surface area contributed by atoms with Crippen LogP contribution in [0.3, 0.4) is 0 Å². The second-order valence-corrected chi connectivity index (χ2v) is 12.4. The third-order valence-electron chi connectivity index (χ3n) is 9.60. The van der Waals surface area contributed by atoms with Crippen LogP contribution in [0.15, 0.2) is 170 Å². The summed E-state index contributed by atoms with van der Waals surface area (Å²) in [6.07, 6.45) is 0. The van der Waals surface area contributed by atoms with Crippen LogP contribution in [-0.2, 0) is 0 Å². The smallest absolute Gasteiger partial charge is 0.164 e. The lowest BCUT2D eigenvalue weighted by molar-refractivity contribution is 1.07. The molecule has 0 spiro atoms. The normalized spacial score (nSPS) is 11.7. The minimum atomic E-state index is 0.646. The fraction of sp³-hybridized carbons (Fsp3) is 0. The number of hydrogen-bond donors (Lipinski definition) is 0. The summed E-state index contributed by atoms with van der Waals surface area (Å²) in [5.41, 5.74) is 6.27. The van der Waals surface area contributed by atoms with Crippen LogP contribution in [0.4, 0.5) is 0 Å². The fourth-order valence-corrected chi connectivity index (χ4v) is 7.35. The van der Waals surface area contributed by atoms with Gasteiger partial charge in [0.15, 0.2) is 17.5 Å². The molecular formula is C45H28N4. The van der Waals surface area contributed by atoms with E-state index in [0.29, 0.717) is 17.5 Å². The van der Waals surface area contributed by atoms with E-state index in [-0.39, 0.29) is 0 Å². The first-order valence-electron chi connectivity index (χ1n) is 16.5. The van der Waals surface area contributed by atoms with Crippen molar-refractivity contribution >= 4 is 54.1 Å².